The van der Waals surface area contributed by atoms with Crippen LogP contribution in [-0.4, -0.2) is 31.3 Å². The second kappa shape index (κ2) is 7.57. The number of ether oxygens (including phenoxy) is 3. The van der Waals surface area contributed by atoms with Crippen molar-refractivity contribution in [2.24, 2.45) is 0 Å². The molecule has 0 radical (unpaired) electrons. The van der Waals surface area contributed by atoms with Crippen LogP contribution in [0.15, 0.2) is 48.5 Å². The Hall–Kier alpha value is -3.22. The number of fused-ring (bicyclic) bond motifs is 1. The van der Waals surface area contributed by atoms with Crippen LogP contribution >= 0.6 is 0 Å². The Morgan fingerprint density at radius 3 is 2.68 bits per heavy atom. The van der Waals surface area contributed by atoms with Gasteiger partial charge in [-0.15, -0.1) is 0 Å². The van der Waals surface area contributed by atoms with Crippen molar-refractivity contribution in [1.82, 2.24) is 5.32 Å². The van der Waals surface area contributed by atoms with Crippen molar-refractivity contribution in [2.75, 3.05) is 18.7 Å². The Morgan fingerprint density at radius 2 is 1.88 bits per heavy atom. The Kier molecular flexibility index (Phi) is 5.03. The van der Waals surface area contributed by atoms with Crippen molar-refractivity contribution in [3.05, 3.63) is 48.5 Å². The molecule has 0 spiro atoms. The van der Waals surface area contributed by atoms with Crippen molar-refractivity contribution in [3.63, 3.8) is 0 Å². The lowest BCUT2D eigenvalue weighted by Gasteiger charge is -2.14. The minimum atomic E-state index is -0.711. The van der Waals surface area contributed by atoms with Crippen molar-refractivity contribution in [3.8, 4) is 17.2 Å². The average molecular weight is 342 g/mol. The average Bonchev–Trinajstić information content (AvgIpc) is 3.08. The molecular formula is C18H18N2O5. The van der Waals surface area contributed by atoms with E-state index in [2.05, 4.69) is 10.6 Å². The lowest BCUT2D eigenvalue weighted by atomic mass is 10.2. The van der Waals surface area contributed by atoms with E-state index in [4.69, 9.17) is 14.2 Å². The molecule has 1 aliphatic rings. The predicted octanol–water partition coefficient (Wildman–Crippen LogP) is 1.94. The minimum absolute atomic E-state index is 0.161. The molecule has 7 heteroatoms. The van der Waals surface area contributed by atoms with Crippen molar-refractivity contribution in [2.45, 2.75) is 13.0 Å². The summed E-state index contributed by atoms with van der Waals surface area (Å²) in [6.45, 7) is 1.61. The fraction of sp³-hybridized carbons (Fsp3) is 0.222. The Balaban J connectivity index is 1.48. The lowest BCUT2D eigenvalue weighted by molar-refractivity contribution is -0.127. The zero-order valence-electron chi connectivity index (χ0n) is 13.7. The highest BCUT2D eigenvalue weighted by atomic mass is 16.7. The molecule has 7 nitrogen and oxygen atoms in total. The minimum Gasteiger partial charge on any atom is -0.484 e. The zero-order valence-corrected chi connectivity index (χ0v) is 13.7. The smallest absolute Gasteiger partial charge is 0.258 e. The van der Waals surface area contributed by atoms with E-state index in [0.29, 0.717) is 22.9 Å². The van der Waals surface area contributed by atoms with Crippen LogP contribution in [0.1, 0.15) is 6.92 Å². The van der Waals surface area contributed by atoms with Gasteiger partial charge in [0.15, 0.2) is 18.1 Å². The first-order chi connectivity index (χ1) is 12.1. The second-order valence-electron chi connectivity index (χ2n) is 5.45. The molecule has 25 heavy (non-hydrogen) atoms. The normalized spacial score (nSPS) is 13.0. The number of carbonyl (C=O) groups is 2. The molecule has 0 fully saturated rings. The highest BCUT2D eigenvalue weighted by molar-refractivity contribution is 5.97. The third-order valence-electron chi connectivity index (χ3n) is 3.52. The third-order valence-corrected chi connectivity index (χ3v) is 3.52. The summed E-state index contributed by atoms with van der Waals surface area (Å²) in [5.41, 5.74) is 0.566. The molecule has 2 aromatic rings. The number of nitrogens with one attached hydrogen (secondary N) is 2. The summed E-state index contributed by atoms with van der Waals surface area (Å²) in [5, 5.41) is 5.31. The molecule has 2 amide bonds. The highest BCUT2D eigenvalue weighted by Crippen LogP contribution is 2.34. The molecule has 0 saturated carbocycles. The van der Waals surface area contributed by atoms with E-state index < -0.39 is 6.04 Å². The van der Waals surface area contributed by atoms with Gasteiger partial charge in [0, 0.05) is 11.8 Å². The highest BCUT2D eigenvalue weighted by Gasteiger charge is 2.18. The maximum Gasteiger partial charge on any atom is 0.258 e. The summed E-state index contributed by atoms with van der Waals surface area (Å²) in [6.07, 6.45) is 0. The van der Waals surface area contributed by atoms with E-state index in [1.54, 1.807) is 37.3 Å². The fourth-order valence-corrected chi connectivity index (χ4v) is 2.24. The molecule has 1 unspecified atom stereocenters. The third kappa shape index (κ3) is 4.41. The van der Waals surface area contributed by atoms with Gasteiger partial charge in [0.05, 0.1) is 0 Å². The lowest BCUT2D eigenvalue weighted by Crippen LogP contribution is -2.43. The summed E-state index contributed by atoms with van der Waals surface area (Å²) in [4.78, 5) is 24.1. The van der Waals surface area contributed by atoms with Crippen LogP contribution in [0.2, 0.25) is 0 Å². The van der Waals surface area contributed by atoms with Gasteiger partial charge in [0.1, 0.15) is 11.8 Å². The molecule has 0 aromatic heterocycles. The summed E-state index contributed by atoms with van der Waals surface area (Å²) in [6, 6.07) is 13.4. The monoisotopic (exact) mass is 342 g/mol. The summed E-state index contributed by atoms with van der Waals surface area (Å²) in [5.74, 6) is 1.09. The van der Waals surface area contributed by atoms with Gasteiger partial charge in [-0.25, -0.2) is 0 Å². The van der Waals surface area contributed by atoms with Gasteiger partial charge < -0.3 is 24.8 Å². The van der Waals surface area contributed by atoms with Crippen molar-refractivity contribution in [1.29, 1.82) is 0 Å². The van der Waals surface area contributed by atoms with Gasteiger partial charge in [0.25, 0.3) is 5.91 Å². The Labute approximate surface area is 144 Å². The molecular weight excluding hydrogens is 324 g/mol. The Bertz CT molecular complexity index is 763. The van der Waals surface area contributed by atoms with Gasteiger partial charge in [-0.05, 0) is 31.2 Å². The standard InChI is InChI=1S/C18H18N2O5/c1-12(19-17(21)10-23-14-5-3-2-4-6-14)18(22)20-13-7-8-15-16(9-13)25-11-24-15/h2-9,12H,10-11H2,1H3,(H,19,21)(H,20,22). The van der Waals surface area contributed by atoms with Gasteiger partial charge in [-0.3, -0.25) is 9.59 Å². The van der Waals surface area contributed by atoms with E-state index >= 15 is 0 Å². The van der Waals surface area contributed by atoms with Crippen molar-refractivity contribution >= 4 is 17.5 Å². The molecule has 1 atom stereocenters. The molecule has 0 aliphatic carbocycles. The molecule has 3 rings (SSSR count). The largest absolute Gasteiger partial charge is 0.484 e. The number of benzene rings is 2. The van der Waals surface area contributed by atoms with Crippen LogP contribution in [0.3, 0.4) is 0 Å². The molecule has 2 aromatic carbocycles. The number of para-hydroxylation sites is 1. The van der Waals surface area contributed by atoms with E-state index in [9.17, 15) is 9.59 Å². The maximum atomic E-state index is 12.2. The summed E-state index contributed by atoms with van der Waals surface area (Å²) in [7, 11) is 0. The summed E-state index contributed by atoms with van der Waals surface area (Å²) >= 11 is 0. The first kappa shape index (κ1) is 16.6. The second-order valence-corrected chi connectivity index (χ2v) is 5.45. The number of amides is 2. The summed E-state index contributed by atoms with van der Waals surface area (Å²) < 4.78 is 15.8. The van der Waals surface area contributed by atoms with Gasteiger partial charge in [-0.2, -0.15) is 0 Å². The van der Waals surface area contributed by atoms with E-state index in [-0.39, 0.29) is 25.2 Å². The van der Waals surface area contributed by atoms with Crippen LogP contribution in [0.5, 0.6) is 17.2 Å². The van der Waals surface area contributed by atoms with E-state index in [0.717, 1.165) is 0 Å². The van der Waals surface area contributed by atoms with Gasteiger partial charge in [0.2, 0.25) is 12.7 Å². The van der Waals surface area contributed by atoms with Crippen LogP contribution in [0.4, 0.5) is 5.69 Å². The maximum absolute atomic E-state index is 12.2. The van der Waals surface area contributed by atoms with Crippen LogP contribution in [-0.2, 0) is 9.59 Å². The molecule has 0 saturated heterocycles. The van der Waals surface area contributed by atoms with Gasteiger partial charge in [-0.1, -0.05) is 18.2 Å². The number of anilines is 1. The molecule has 1 aliphatic heterocycles. The number of hydrogen-bond acceptors (Lipinski definition) is 5. The fourth-order valence-electron chi connectivity index (χ4n) is 2.24. The quantitative estimate of drug-likeness (QED) is 0.838. The molecule has 1 heterocycles. The number of rotatable bonds is 6. The predicted molar refractivity (Wildman–Crippen MR) is 90.7 cm³/mol. The van der Waals surface area contributed by atoms with Gasteiger partial charge >= 0.3 is 0 Å². The topological polar surface area (TPSA) is 85.9 Å². The Morgan fingerprint density at radius 1 is 1.12 bits per heavy atom. The van der Waals surface area contributed by atoms with Crippen LogP contribution in [0, 0.1) is 0 Å². The van der Waals surface area contributed by atoms with E-state index in [1.807, 2.05) is 18.2 Å². The SMILES string of the molecule is CC(NC(=O)COc1ccccc1)C(=O)Nc1ccc2c(c1)OCO2. The van der Waals surface area contributed by atoms with Crippen LogP contribution < -0.4 is 24.8 Å². The number of carbonyl (C=O) groups excluding carboxylic acids is 2. The number of hydrogen-bond donors (Lipinski definition) is 2. The van der Waals surface area contributed by atoms with Crippen LogP contribution in [0.25, 0.3) is 0 Å². The zero-order chi connectivity index (χ0) is 17.6. The first-order valence-corrected chi connectivity index (χ1v) is 7.79. The van der Waals surface area contributed by atoms with E-state index in [1.165, 1.54) is 0 Å². The molecule has 2 N–H and O–H groups in total. The van der Waals surface area contributed by atoms with Crippen molar-refractivity contribution < 1.29 is 23.8 Å². The molecule has 0 bridgehead atoms. The molecule has 130 valence electrons. The first-order valence-electron chi connectivity index (χ1n) is 7.79.